The minimum atomic E-state index is -4.37. The molecule has 0 aliphatic heterocycles. The maximum Gasteiger partial charge on any atom is 0.406 e. The molecule has 1 aromatic heterocycles. The van der Waals surface area contributed by atoms with E-state index in [1.165, 1.54) is 17.4 Å². The van der Waals surface area contributed by atoms with E-state index in [1.807, 2.05) is 0 Å². The Morgan fingerprint density at radius 3 is 2.62 bits per heavy atom. The first kappa shape index (κ1) is 13.5. The second-order valence-corrected chi connectivity index (χ2v) is 4.62. The molecule has 7 heteroatoms. The minimum Gasteiger partial charge on any atom is -0.329 e. The number of alkyl halides is 4. The summed E-state index contributed by atoms with van der Waals surface area (Å²) in [5.74, 6) is -0.585. The van der Waals surface area contributed by atoms with Crippen LogP contribution in [0.25, 0.3) is 0 Å². The highest BCUT2D eigenvalue weighted by Crippen LogP contribution is 2.19. The zero-order valence-electron chi connectivity index (χ0n) is 8.13. The van der Waals surface area contributed by atoms with E-state index in [9.17, 15) is 18.0 Å². The van der Waals surface area contributed by atoms with E-state index < -0.39 is 18.6 Å². The average molecular weight is 316 g/mol. The van der Waals surface area contributed by atoms with Crippen LogP contribution in [-0.4, -0.2) is 35.4 Å². The van der Waals surface area contributed by atoms with Crippen molar-refractivity contribution < 1.29 is 18.0 Å². The predicted molar refractivity (Wildman–Crippen MR) is 60.1 cm³/mol. The molecule has 0 fully saturated rings. The lowest BCUT2D eigenvalue weighted by molar-refractivity contribution is -0.140. The predicted octanol–water partition coefficient (Wildman–Crippen LogP) is 3.15. The summed E-state index contributed by atoms with van der Waals surface area (Å²) < 4.78 is 36.7. The molecular weight excluding hydrogens is 307 g/mol. The van der Waals surface area contributed by atoms with E-state index in [4.69, 9.17) is 0 Å². The van der Waals surface area contributed by atoms with Crippen molar-refractivity contribution in [3.8, 4) is 0 Å². The molecule has 0 aromatic carbocycles. The molecule has 90 valence electrons. The second kappa shape index (κ2) is 5.67. The van der Waals surface area contributed by atoms with Gasteiger partial charge in [0.1, 0.15) is 6.54 Å². The van der Waals surface area contributed by atoms with Crippen LogP contribution in [0.15, 0.2) is 16.8 Å². The molecular formula is C9H9BrF3NOS. The monoisotopic (exact) mass is 315 g/mol. The van der Waals surface area contributed by atoms with Gasteiger partial charge in [-0.05, 0) is 11.4 Å². The molecule has 0 bridgehead atoms. The van der Waals surface area contributed by atoms with Gasteiger partial charge in [-0.25, -0.2) is 0 Å². The molecule has 1 aromatic rings. The van der Waals surface area contributed by atoms with Gasteiger partial charge < -0.3 is 4.90 Å². The van der Waals surface area contributed by atoms with Gasteiger partial charge in [0.2, 0.25) is 0 Å². The molecule has 1 heterocycles. The summed E-state index contributed by atoms with van der Waals surface area (Å²) in [6.45, 7) is -1.18. The van der Waals surface area contributed by atoms with Crippen LogP contribution in [0.5, 0.6) is 0 Å². The van der Waals surface area contributed by atoms with Crippen LogP contribution < -0.4 is 0 Å². The van der Waals surface area contributed by atoms with Gasteiger partial charge in [0.05, 0.1) is 5.56 Å². The Morgan fingerprint density at radius 2 is 2.19 bits per heavy atom. The summed E-state index contributed by atoms with van der Waals surface area (Å²) in [6.07, 6.45) is -4.37. The summed E-state index contributed by atoms with van der Waals surface area (Å²) in [6, 6.07) is 1.52. The van der Waals surface area contributed by atoms with Gasteiger partial charge in [-0.2, -0.15) is 24.5 Å². The fourth-order valence-electron chi connectivity index (χ4n) is 1.14. The van der Waals surface area contributed by atoms with Crippen LogP contribution in [0.4, 0.5) is 13.2 Å². The highest BCUT2D eigenvalue weighted by molar-refractivity contribution is 9.09. The lowest BCUT2D eigenvalue weighted by atomic mass is 10.3. The smallest absolute Gasteiger partial charge is 0.329 e. The zero-order chi connectivity index (χ0) is 12.2. The lowest BCUT2D eigenvalue weighted by Crippen LogP contribution is -2.39. The van der Waals surface area contributed by atoms with Gasteiger partial charge in [-0.1, -0.05) is 15.9 Å². The molecule has 0 saturated carbocycles. The number of halogens is 4. The Labute approximate surface area is 103 Å². The van der Waals surface area contributed by atoms with E-state index in [0.29, 0.717) is 10.9 Å². The number of rotatable bonds is 4. The first-order valence-corrected chi connectivity index (χ1v) is 6.44. The first-order chi connectivity index (χ1) is 7.44. The fourth-order valence-corrected chi connectivity index (χ4v) is 2.20. The lowest BCUT2D eigenvalue weighted by Gasteiger charge is -2.22. The van der Waals surface area contributed by atoms with Gasteiger partial charge >= 0.3 is 6.18 Å². The molecule has 0 unspecified atom stereocenters. The van der Waals surface area contributed by atoms with Crippen molar-refractivity contribution in [1.82, 2.24) is 4.90 Å². The second-order valence-electron chi connectivity index (χ2n) is 3.04. The maximum atomic E-state index is 12.2. The Hall–Kier alpha value is -0.560. The molecule has 0 spiro atoms. The Bertz CT molecular complexity index is 339. The van der Waals surface area contributed by atoms with Crippen molar-refractivity contribution in [3.63, 3.8) is 0 Å². The van der Waals surface area contributed by atoms with Crippen molar-refractivity contribution in [2.75, 3.05) is 18.4 Å². The zero-order valence-corrected chi connectivity index (χ0v) is 10.5. The van der Waals surface area contributed by atoms with E-state index in [0.717, 1.165) is 4.90 Å². The van der Waals surface area contributed by atoms with Crippen molar-refractivity contribution >= 4 is 33.2 Å². The number of hydrogen-bond acceptors (Lipinski definition) is 2. The summed E-state index contributed by atoms with van der Waals surface area (Å²) in [4.78, 5) is 12.5. The number of carbonyl (C=O) groups excluding carboxylic acids is 1. The van der Waals surface area contributed by atoms with Crippen LogP contribution in [0, 0.1) is 0 Å². The summed E-state index contributed by atoms with van der Waals surface area (Å²) in [7, 11) is 0. The van der Waals surface area contributed by atoms with Gasteiger partial charge in [-0.15, -0.1) is 0 Å². The molecule has 1 rings (SSSR count). The van der Waals surface area contributed by atoms with Crippen molar-refractivity contribution in [1.29, 1.82) is 0 Å². The molecule has 0 radical (unpaired) electrons. The van der Waals surface area contributed by atoms with Crippen LogP contribution in [0.3, 0.4) is 0 Å². The third kappa shape index (κ3) is 4.13. The molecule has 0 atom stereocenters. The number of nitrogens with zero attached hydrogens (tertiary/aromatic N) is 1. The van der Waals surface area contributed by atoms with Crippen molar-refractivity contribution in [3.05, 3.63) is 22.4 Å². The molecule has 2 nitrogen and oxygen atoms in total. The number of carbonyl (C=O) groups is 1. The SMILES string of the molecule is O=C(c1ccsc1)N(CCBr)CC(F)(F)F. The van der Waals surface area contributed by atoms with E-state index in [-0.39, 0.29) is 6.54 Å². The summed E-state index contributed by atoms with van der Waals surface area (Å²) in [5.41, 5.74) is 0.301. The molecule has 0 aliphatic carbocycles. The third-order valence-electron chi connectivity index (χ3n) is 1.78. The Morgan fingerprint density at radius 1 is 1.50 bits per heavy atom. The van der Waals surface area contributed by atoms with Gasteiger partial charge in [-0.3, -0.25) is 4.79 Å². The average Bonchev–Trinajstić information content (AvgIpc) is 2.66. The highest BCUT2D eigenvalue weighted by atomic mass is 79.9. The summed E-state index contributed by atoms with van der Waals surface area (Å²) in [5, 5.41) is 3.52. The van der Waals surface area contributed by atoms with E-state index in [2.05, 4.69) is 15.9 Å². The number of amides is 1. The number of hydrogen-bond donors (Lipinski definition) is 0. The summed E-state index contributed by atoms with van der Waals surface area (Å²) >= 11 is 4.31. The topological polar surface area (TPSA) is 20.3 Å². The first-order valence-electron chi connectivity index (χ1n) is 4.38. The molecule has 0 aliphatic rings. The van der Waals surface area contributed by atoms with Crippen LogP contribution in [0.1, 0.15) is 10.4 Å². The standard InChI is InChI=1S/C9H9BrF3NOS/c10-2-3-14(6-9(11,12)13)8(15)7-1-4-16-5-7/h1,4-5H,2-3,6H2. The minimum absolute atomic E-state index is 0.0359. The molecule has 16 heavy (non-hydrogen) atoms. The van der Waals surface area contributed by atoms with E-state index in [1.54, 1.807) is 10.8 Å². The van der Waals surface area contributed by atoms with E-state index >= 15 is 0 Å². The fraction of sp³-hybridized carbons (Fsp3) is 0.444. The highest BCUT2D eigenvalue weighted by Gasteiger charge is 2.33. The van der Waals surface area contributed by atoms with Gasteiger partial charge in [0.15, 0.2) is 0 Å². The Balaban J connectivity index is 2.74. The van der Waals surface area contributed by atoms with Crippen LogP contribution >= 0.6 is 27.3 Å². The quantitative estimate of drug-likeness (QED) is 0.782. The molecule has 1 amide bonds. The number of thiophene rings is 1. The Kier molecular flexibility index (Phi) is 4.79. The normalized spacial score (nSPS) is 11.5. The van der Waals surface area contributed by atoms with Crippen molar-refractivity contribution in [2.24, 2.45) is 0 Å². The molecule has 0 N–H and O–H groups in total. The third-order valence-corrected chi connectivity index (χ3v) is 2.82. The van der Waals surface area contributed by atoms with Crippen molar-refractivity contribution in [2.45, 2.75) is 6.18 Å². The van der Waals surface area contributed by atoms with Crippen LogP contribution in [0.2, 0.25) is 0 Å². The van der Waals surface area contributed by atoms with Gasteiger partial charge in [0.25, 0.3) is 5.91 Å². The van der Waals surface area contributed by atoms with Crippen LogP contribution in [-0.2, 0) is 0 Å². The molecule has 0 saturated heterocycles. The largest absolute Gasteiger partial charge is 0.406 e. The van der Waals surface area contributed by atoms with Gasteiger partial charge in [0, 0.05) is 17.3 Å². The maximum absolute atomic E-state index is 12.2.